The number of aliphatic hydroxyl groups is 1. The molecule has 1 aromatic carbocycles. The summed E-state index contributed by atoms with van der Waals surface area (Å²) in [5.74, 6) is -0.366. The van der Waals surface area contributed by atoms with Crippen LogP contribution in [0.4, 0.5) is 9.18 Å². The van der Waals surface area contributed by atoms with Gasteiger partial charge >= 0.3 is 5.30 Å². The second-order valence-corrected chi connectivity index (χ2v) is 7.02. The molecule has 0 amide bonds. The van der Waals surface area contributed by atoms with Crippen LogP contribution in [0.3, 0.4) is 0 Å². The van der Waals surface area contributed by atoms with Crippen molar-refractivity contribution in [3.63, 3.8) is 0 Å². The Bertz CT molecular complexity index is 750. The van der Waals surface area contributed by atoms with Crippen LogP contribution in [0.2, 0.25) is 0 Å². The third-order valence-corrected chi connectivity index (χ3v) is 5.25. The maximum absolute atomic E-state index is 14.4. The summed E-state index contributed by atoms with van der Waals surface area (Å²) in [6.07, 6.45) is 3.22. The van der Waals surface area contributed by atoms with Crippen LogP contribution in [-0.2, 0) is 12.1 Å². The monoisotopic (exact) mass is 351 g/mol. The van der Waals surface area contributed by atoms with E-state index >= 15 is 0 Å². The fourth-order valence-electron chi connectivity index (χ4n) is 3.02. The van der Waals surface area contributed by atoms with Crippen molar-refractivity contribution in [2.24, 2.45) is 11.8 Å². The highest BCUT2D eigenvalue weighted by Gasteiger charge is 2.46. The van der Waals surface area contributed by atoms with Crippen molar-refractivity contribution in [2.75, 3.05) is 0 Å². The molecule has 128 valence electrons. The molecule has 3 rings (SSSR count). The van der Waals surface area contributed by atoms with Gasteiger partial charge in [0.25, 0.3) is 0 Å². The van der Waals surface area contributed by atoms with Gasteiger partial charge in [-0.2, -0.15) is 5.10 Å². The van der Waals surface area contributed by atoms with Crippen molar-refractivity contribution in [2.45, 2.75) is 37.1 Å². The number of hydrogen-bond acceptors (Lipinski definition) is 5. The Hall–Kier alpha value is -1.93. The smallest absolute Gasteiger partial charge is 0.372 e. The van der Waals surface area contributed by atoms with Gasteiger partial charge in [-0.3, -0.25) is 0 Å². The van der Waals surface area contributed by atoms with Gasteiger partial charge in [-0.05, 0) is 30.7 Å². The van der Waals surface area contributed by atoms with Crippen LogP contribution >= 0.6 is 11.8 Å². The van der Waals surface area contributed by atoms with E-state index in [9.17, 15) is 14.3 Å². The molecule has 1 heterocycles. The predicted octanol–water partition coefficient (Wildman–Crippen LogP) is 3.12. The molecular weight excluding hydrogens is 333 g/mol. The molecule has 24 heavy (non-hydrogen) atoms. The molecule has 2 atom stereocenters. The molecule has 0 saturated heterocycles. The van der Waals surface area contributed by atoms with E-state index in [1.165, 1.54) is 17.1 Å². The van der Waals surface area contributed by atoms with Gasteiger partial charge in [-0.1, -0.05) is 25.1 Å². The zero-order chi connectivity index (χ0) is 17.3. The first-order chi connectivity index (χ1) is 11.4. The largest absolute Gasteiger partial charge is 0.473 e. The molecule has 2 aromatic rings. The van der Waals surface area contributed by atoms with Crippen molar-refractivity contribution < 1.29 is 19.4 Å². The number of rotatable bonds is 6. The van der Waals surface area contributed by atoms with E-state index in [2.05, 4.69) is 10.1 Å². The zero-order valence-electron chi connectivity index (χ0n) is 13.1. The fourth-order valence-corrected chi connectivity index (χ4v) is 3.49. The van der Waals surface area contributed by atoms with E-state index in [-0.39, 0.29) is 23.2 Å². The first-order valence-corrected chi connectivity index (χ1v) is 8.49. The molecule has 2 unspecified atom stereocenters. The predicted molar refractivity (Wildman–Crippen MR) is 86.1 cm³/mol. The van der Waals surface area contributed by atoms with Crippen molar-refractivity contribution in [1.82, 2.24) is 14.8 Å². The topological polar surface area (TPSA) is 88.2 Å². The Labute approximate surface area is 142 Å². The quantitative estimate of drug-likeness (QED) is 0.778. The van der Waals surface area contributed by atoms with Gasteiger partial charge in [-0.15, -0.1) is 0 Å². The van der Waals surface area contributed by atoms with E-state index in [0.717, 1.165) is 12.8 Å². The molecule has 1 fully saturated rings. The average Bonchev–Trinajstić information content (AvgIpc) is 3.30. The minimum atomic E-state index is -1.49. The third kappa shape index (κ3) is 3.29. The third-order valence-electron chi connectivity index (χ3n) is 4.57. The summed E-state index contributed by atoms with van der Waals surface area (Å²) < 4.78 is 15.7. The highest BCUT2D eigenvalue weighted by molar-refractivity contribution is 8.13. The summed E-state index contributed by atoms with van der Waals surface area (Å²) in [7, 11) is 0. The number of aromatic nitrogens is 3. The van der Waals surface area contributed by atoms with Crippen molar-refractivity contribution in [3.05, 3.63) is 42.0 Å². The van der Waals surface area contributed by atoms with Gasteiger partial charge in [-0.25, -0.2) is 18.9 Å². The summed E-state index contributed by atoms with van der Waals surface area (Å²) >= 11 is 0.509. The lowest BCUT2D eigenvalue weighted by molar-refractivity contribution is -0.0489. The van der Waals surface area contributed by atoms with Crippen LogP contribution in [0.1, 0.15) is 25.3 Å². The molecule has 0 bridgehead atoms. The van der Waals surface area contributed by atoms with E-state index < -0.39 is 16.7 Å². The first kappa shape index (κ1) is 16.9. The molecule has 8 heteroatoms. The van der Waals surface area contributed by atoms with Gasteiger partial charge in [0.15, 0.2) is 5.16 Å². The van der Waals surface area contributed by atoms with Crippen LogP contribution in [0.25, 0.3) is 0 Å². The lowest BCUT2D eigenvalue weighted by atomic mass is 9.79. The minimum Gasteiger partial charge on any atom is -0.473 e. The molecule has 1 aliphatic carbocycles. The Morgan fingerprint density at radius 2 is 2.21 bits per heavy atom. The van der Waals surface area contributed by atoms with Gasteiger partial charge < -0.3 is 10.2 Å². The standard InChI is InChI=1S/C16H18FN3O3S/c1-10(11-6-7-11)16(23,12-4-2-3-5-13(12)17)8-20-14(18-9-19-20)24-15(21)22/h2-5,9-11,23H,6-8H2,1H3,(H,21,22). The summed E-state index contributed by atoms with van der Waals surface area (Å²) in [4.78, 5) is 14.8. The van der Waals surface area contributed by atoms with Gasteiger partial charge in [0.1, 0.15) is 17.7 Å². The zero-order valence-corrected chi connectivity index (χ0v) is 13.9. The van der Waals surface area contributed by atoms with E-state index in [1.54, 1.807) is 18.2 Å². The normalized spacial score (nSPS) is 18.1. The first-order valence-electron chi connectivity index (χ1n) is 7.68. The van der Waals surface area contributed by atoms with Crippen LogP contribution < -0.4 is 0 Å². The Kier molecular flexibility index (Phi) is 4.60. The summed E-state index contributed by atoms with van der Waals surface area (Å²) in [5.41, 5.74) is -1.29. The minimum absolute atomic E-state index is 0.0544. The van der Waals surface area contributed by atoms with E-state index in [1.807, 2.05) is 6.92 Å². The lowest BCUT2D eigenvalue weighted by Gasteiger charge is -2.35. The molecule has 0 radical (unpaired) electrons. The fraction of sp³-hybridized carbons (Fsp3) is 0.438. The maximum Gasteiger partial charge on any atom is 0.372 e. The number of hydrogen-bond donors (Lipinski definition) is 2. The molecule has 1 aromatic heterocycles. The Balaban J connectivity index is 1.98. The van der Waals surface area contributed by atoms with Crippen LogP contribution in [-0.4, -0.2) is 30.3 Å². The number of benzene rings is 1. The van der Waals surface area contributed by atoms with Crippen LogP contribution in [0, 0.1) is 17.7 Å². The SMILES string of the molecule is CC(C1CC1)C(O)(Cn1ncnc1SC(=O)O)c1ccccc1F. The number of carbonyl (C=O) groups is 1. The van der Waals surface area contributed by atoms with Gasteiger partial charge in [0.05, 0.1) is 6.54 Å². The Morgan fingerprint density at radius 3 is 2.83 bits per heavy atom. The molecule has 1 saturated carbocycles. The van der Waals surface area contributed by atoms with E-state index in [0.29, 0.717) is 17.7 Å². The molecule has 0 spiro atoms. The van der Waals surface area contributed by atoms with Crippen molar-refractivity contribution in [3.8, 4) is 0 Å². The lowest BCUT2D eigenvalue weighted by Crippen LogP contribution is -2.40. The van der Waals surface area contributed by atoms with Gasteiger partial charge in [0.2, 0.25) is 0 Å². The van der Waals surface area contributed by atoms with E-state index in [4.69, 9.17) is 5.11 Å². The highest BCUT2D eigenvalue weighted by Crippen LogP contribution is 2.47. The molecule has 6 nitrogen and oxygen atoms in total. The summed E-state index contributed by atoms with van der Waals surface area (Å²) in [6.45, 7) is 1.84. The number of halogens is 1. The van der Waals surface area contributed by atoms with Crippen LogP contribution in [0.5, 0.6) is 0 Å². The number of thioether (sulfide) groups is 1. The molecule has 0 aliphatic heterocycles. The second kappa shape index (κ2) is 6.52. The highest BCUT2D eigenvalue weighted by atomic mass is 32.2. The van der Waals surface area contributed by atoms with Crippen molar-refractivity contribution >= 4 is 17.1 Å². The van der Waals surface area contributed by atoms with Crippen LogP contribution in [0.15, 0.2) is 35.7 Å². The maximum atomic E-state index is 14.4. The molecule has 2 N–H and O–H groups in total. The molecular formula is C16H18FN3O3S. The number of nitrogens with zero attached hydrogens (tertiary/aromatic N) is 3. The number of carboxylic acid groups (broad SMARTS) is 1. The summed E-state index contributed by atoms with van der Waals surface area (Å²) in [6, 6.07) is 6.13. The van der Waals surface area contributed by atoms with Gasteiger partial charge in [0, 0.05) is 17.3 Å². The average molecular weight is 351 g/mol. The second-order valence-electron chi connectivity index (χ2n) is 6.10. The molecule has 1 aliphatic rings. The van der Waals surface area contributed by atoms with Crippen molar-refractivity contribution in [1.29, 1.82) is 0 Å². The Morgan fingerprint density at radius 1 is 1.50 bits per heavy atom. The summed E-state index contributed by atoms with van der Waals surface area (Å²) in [5, 5.41) is 23.4.